The molecular formula is C17H20F3N5O3. The number of nitrogens with zero attached hydrogens (tertiary/aromatic N) is 5. The lowest BCUT2D eigenvalue weighted by molar-refractivity contribution is -0.146. The highest BCUT2D eigenvalue weighted by atomic mass is 19.4. The van der Waals surface area contributed by atoms with Crippen molar-refractivity contribution in [1.82, 2.24) is 24.5 Å². The van der Waals surface area contributed by atoms with Crippen LogP contribution in [0.3, 0.4) is 0 Å². The lowest BCUT2D eigenvalue weighted by atomic mass is 9.97. The van der Waals surface area contributed by atoms with Gasteiger partial charge in [-0.2, -0.15) is 18.2 Å². The summed E-state index contributed by atoms with van der Waals surface area (Å²) in [5.74, 6) is -3.05. The first-order valence-electron chi connectivity index (χ1n) is 8.88. The van der Waals surface area contributed by atoms with Crippen LogP contribution in [0.15, 0.2) is 0 Å². The second-order valence-corrected chi connectivity index (χ2v) is 6.92. The molecule has 3 rings (SSSR count). The van der Waals surface area contributed by atoms with Gasteiger partial charge in [-0.3, -0.25) is 9.59 Å². The number of aryl methyl sites for hydroxylation is 2. The zero-order valence-corrected chi connectivity index (χ0v) is 15.5. The molecule has 0 aromatic carbocycles. The van der Waals surface area contributed by atoms with Gasteiger partial charge in [0.25, 0.3) is 11.6 Å². The van der Waals surface area contributed by atoms with E-state index in [1.807, 2.05) is 0 Å². The van der Waals surface area contributed by atoms with Gasteiger partial charge in [0.15, 0.2) is 0 Å². The maximum Gasteiger partial charge on any atom is 0.453 e. The lowest BCUT2D eigenvalue weighted by Gasteiger charge is -2.30. The van der Waals surface area contributed by atoms with E-state index in [1.165, 1.54) is 4.90 Å². The average Bonchev–Trinajstić information content (AvgIpc) is 3.06. The van der Waals surface area contributed by atoms with Crippen molar-refractivity contribution >= 4 is 17.7 Å². The Bertz CT molecular complexity index is 925. The van der Waals surface area contributed by atoms with E-state index in [-0.39, 0.29) is 31.1 Å². The molecule has 0 spiro atoms. The molecule has 0 radical (unpaired) electrons. The first-order chi connectivity index (χ1) is 13.1. The highest BCUT2D eigenvalue weighted by Crippen LogP contribution is 2.27. The van der Waals surface area contributed by atoms with E-state index in [0.717, 1.165) is 4.52 Å². The number of carboxylic acid groups (broad SMARTS) is 1. The molecule has 0 bridgehead atoms. The molecule has 1 amide bonds. The van der Waals surface area contributed by atoms with Crippen LogP contribution in [0.5, 0.6) is 0 Å². The van der Waals surface area contributed by atoms with Gasteiger partial charge in [0.05, 0.1) is 5.92 Å². The smallest absolute Gasteiger partial charge is 0.453 e. The van der Waals surface area contributed by atoms with Gasteiger partial charge >= 0.3 is 12.1 Å². The molecule has 3 heterocycles. The van der Waals surface area contributed by atoms with E-state index < -0.39 is 23.9 Å². The standard InChI is InChI=1S/C17H20F3N5O3/c1-9-12(5-6-13(26)24-7-3-4-11(8-24)14(27)28)10(2)25-16(21-9)22-15(23-25)17(18,19)20/h11H,3-8H2,1-2H3,(H,27,28). The Labute approximate surface area is 158 Å². The molecule has 2 aromatic heterocycles. The van der Waals surface area contributed by atoms with Gasteiger partial charge in [0.2, 0.25) is 5.91 Å². The molecule has 28 heavy (non-hydrogen) atoms. The number of alkyl halides is 3. The lowest BCUT2D eigenvalue weighted by Crippen LogP contribution is -2.42. The van der Waals surface area contributed by atoms with Crippen LogP contribution >= 0.6 is 0 Å². The van der Waals surface area contributed by atoms with Crippen molar-refractivity contribution in [3.63, 3.8) is 0 Å². The molecule has 1 aliphatic heterocycles. The first-order valence-corrected chi connectivity index (χ1v) is 8.88. The molecule has 8 nitrogen and oxygen atoms in total. The number of aliphatic carboxylic acids is 1. The minimum absolute atomic E-state index is 0.113. The van der Waals surface area contributed by atoms with Crippen molar-refractivity contribution in [1.29, 1.82) is 0 Å². The van der Waals surface area contributed by atoms with Crippen molar-refractivity contribution in [3.05, 3.63) is 22.8 Å². The van der Waals surface area contributed by atoms with E-state index in [1.54, 1.807) is 13.8 Å². The van der Waals surface area contributed by atoms with Crippen molar-refractivity contribution in [2.24, 2.45) is 5.92 Å². The predicted molar refractivity (Wildman–Crippen MR) is 90.5 cm³/mol. The summed E-state index contributed by atoms with van der Waals surface area (Å²) in [5.41, 5.74) is 1.56. The zero-order valence-electron chi connectivity index (χ0n) is 15.5. The zero-order chi connectivity index (χ0) is 20.6. The van der Waals surface area contributed by atoms with Gasteiger partial charge in [0, 0.05) is 30.9 Å². The summed E-state index contributed by atoms with van der Waals surface area (Å²) in [6, 6.07) is 0. The minimum Gasteiger partial charge on any atom is -0.481 e. The highest BCUT2D eigenvalue weighted by Gasteiger charge is 2.37. The number of carboxylic acids is 1. The summed E-state index contributed by atoms with van der Waals surface area (Å²) in [6.45, 7) is 3.95. The molecule has 1 aliphatic rings. The third-order valence-corrected chi connectivity index (χ3v) is 5.01. The Balaban J connectivity index is 1.77. The number of piperidine rings is 1. The predicted octanol–water partition coefficient (Wildman–Crippen LogP) is 2.02. The van der Waals surface area contributed by atoms with Crippen LogP contribution in [0.25, 0.3) is 5.78 Å². The van der Waals surface area contributed by atoms with Crippen molar-refractivity contribution in [3.8, 4) is 0 Å². The summed E-state index contributed by atoms with van der Waals surface area (Å²) in [7, 11) is 0. The number of aromatic nitrogens is 4. The number of hydrogen-bond acceptors (Lipinski definition) is 5. The Hall–Kier alpha value is -2.72. The molecule has 1 saturated heterocycles. The van der Waals surface area contributed by atoms with Gasteiger partial charge in [-0.15, -0.1) is 5.10 Å². The second kappa shape index (κ2) is 7.36. The number of amides is 1. The fourth-order valence-corrected chi connectivity index (χ4v) is 3.49. The Kier molecular flexibility index (Phi) is 5.26. The van der Waals surface area contributed by atoms with E-state index >= 15 is 0 Å². The fraction of sp³-hybridized carbons (Fsp3) is 0.588. The molecule has 1 fully saturated rings. The molecule has 0 aliphatic carbocycles. The topological polar surface area (TPSA) is 101 Å². The van der Waals surface area contributed by atoms with Crippen LogP contribution in [-0.2, 0) is 22.2 Å². The number of halogens is 3. The van der Waals surface area contributed by atoms with Crippen LogP contribution in [0.4, 0.5) is 13.2 Å². The van der Waals surface area contributed by atoms with Crippen LogP contribution in [0.2, 0.25) is 0 Å². The third kappa shape index (κ3) is 3.92. The largest absolute Gasteiger partial charge is 0.481 e. The summed E-state index contributed by atoms with van der Waals surface area (Å²) >= 11 is 0. The summed E-state index contributed by atoms with van der Waals surface area (Å²) < 4.78 is 39.6. The van der Waals surface area contributed by atoms with E-state index in [2.05, 4.69) is 15.1 Å². The van der Waals surface area contributed by atoms with Crippen LogP contribution in [-0.4, -0.2) is 54.6 Å². The molecular weight excluding hydrogens is 379 g/mol. The Morgan fingerprint density at radius 3 is 2.61 bits per heavy atom. The summed E-state index contributed by atoms with van der Waals surface area (Å²) in [4.78, 5) is 32.7. The maximum absolute atomic E-state index is 12.8. The van der Waals surface area contributed by atoms with Gasteiger partial charge in [-0.25, -0.2) is 9.50 Å². The SMILES string of the molecule is Cc1nc2nc(C(F)(F)F)nn2c(C)c1CCC(=O)N1CCCC(C(=O)O)C1. The van der Waals surface area contributed by atoms with Gasteiger partial charge in [0.1, 0.15) is 0 Å². The highest BCUT2D eigenvalue weighted by molar-refractivity contribution is 5.78. The van der Waals surface area contributed by atoms with E-state index in [4.69, 9.17) is 5.11 Å². The first kappa shape index (κ1) is 20.0. The van der Waals surface area contributed by atoms with Crippen molar-refractivity contribution < 1.29 is 27.9 Å². The van der Waals surface area contributed by atoms with Gasteiger partial charge in [-0.1, -0.05) is 0 Å². The van der Waals surface area contributed by atoms with E-state index in [9.17, 15) is 22.8 Å². The Morgan fingerprint density at radius 1 is 1.25 bits per heavy atom. The van der Waals surface area contributed by atoms with Crippen LogP contribution in [0.1, 0.15) is 42.0 Å². The van der Waals surface area contributed by atoms with Crippen LogP contribution in [0, 0.1) is 19.8 Å². The monoisotopic (exact) mass is 399 g/mol. The van der Waals surface area contributed by atoms with Crippen molar-refractivity contribution in [2.75, 3.05) is 13.1 Å². The van der Waals surface area contributed by atoms with E-state index in [0.29, 0.717) is 36.3 Å². The number of rotatable bonds is 4. The minimum atomic E-state index is -4.67. The molecule has 152 valence electrons. The number of likely N-dealkylation sites (tertiary alicyclic amines) is 1. The fourth-order valence-electron chi connectivity index (χ4n) is 3.49. The van der Waals surface area contributed by atoms with Gasteiger partial charge in [-0.05, 0) is 38.7 Å². The number of hydrogen-bond donors (Lipinski definition) is 1. The number of carbonyl (C=O) groups excluding carboxylic acids is 1. The normalized spacial score (nSPS) is 17.9. The molecule has 11 heteroatoms. The Morgan fingerprint density at radius 2 is 1.96 bits per heavy atom. The molecule has 2 aromatic rings. The quantitative estimate of drug-likeness (QED) is 0.844. The average molecular weight is 399 g/mol. The number of fused-ring (bicyclic) bond motifs is 1. The molecule has 0 saturated carbocycles. The summed E-state index contributed by atoms with van der Waals surface area (Å²) in [6.07, 6.45) is -3.10. The number of carbonyl (C=O) groups is 2. The molecule has 1 atom stereocenters. The molecule has 1 unspecified atom stereocenters. The molecule has 1 N–H and O–H groups in total. The van der Waals surface area contributed by atoms with Crippen LogP contribution < -0.4 is 0 Å². The van der Waals surface area contributed by atoms with Gasteiger partial charge < -0.3 is 10.0 Å². The second-order valence-electron chi connectivity index (χ2n) is 6.92. The maximum atomic E-state index is 12.8. The van der Waals surface area contributed by atoms with Crippen molar-refractivity contribution in [2.45, 2.75) is 45.7 Å². The summed E-state index contributed by atoms with van der Waals surface area (Å²) in [5, 5.41) is 12.6. The third-order valence-electron chi connectivity index (χ3n) is 5.01.